The SMILES string of the molecule is COC(=O)CC1(N)CCC(NC(C)=O)CC1. The van der Waals surface area contributed by atoms with E-state index in [9.17, 15) is 9.59 Å². The topological polar surface area (TPSA) is 81.4 Å². The Labute approximate surface area is 95.7 Å². The van der Waals surface area contributed by atoms with Crippen molar-refractivity contribution in [3.8, 4) is 0 Å². The van der Waals surface area contributed by atoms with Gasteiger partial charge in [-0.25, -0.2) is 0 Å². The molecule has 0 unspecified atom stereocenters. The van der Waals surface area contributed by atoms with Crippen molar-refractivity contribution in [1.29, 1.82) is 0 Å². The first kappa shape index (κ1) is 13.0. The van der Waals surface area contributed by atoms with Gasteiger partial charge in [-0.05, 0) is 25.7 Å². The highest BCUT2D eigenvalue weighted by molar-refractivity contribution is 5.73. The molecular weight excluding hydrogens is 208 g/mol. The number of amides is 1. The second-order valence-electron chi connectivity index (χ2n) is 4.59. The van der Waals surface area contributed by atoms with Crippen LogP contribution < -0.4 is 11.1 Å². The van der Waals surface area contributed by atoms with Crippen molar-refractivity contribution in [2.75, 3.05) is 7.11 Å². The fourth-order valence-corrected chi connectivity index (χ4v) is 2.16. The smallest absolute Gasteiger partial charge is 0.307 e. The third kappa shape index (κ3) is 3.81. The summed E-state index contributed by atoms with van der Waals surface area (Å²) in [5, 5.41) is 2.88. The maximum Gasteiger partial charge on any atom is 0.307 e. The number of nitrogens with two attached hydrogens (primary N) is 1. The summed E-state index contributed by atoms with van der Waals surface area (Å²) in [6.45, 7) is 1.51. The second-order valence-corrected chi connectivity index (χ2v) is 4.59. The Bertz CT molecular complexity index is 270. The molecule has 0 aliphatic heterocycles. The van der Waals surface area contributed by atoms with Gasteiger partial charge in [0.15, 0.2) is 0 Å². The van der Waals surface area contributed by atoms with Crippen molar-refractivity contribution in [3.05, 3.63) is 0 Å². The van der Waals surface area contributed by atoms with Gasteiger partial charge in [-0.2, -0.15) is 0 Å². The molecule has 16 heavy (non-hydrogen) atoms. The molecule has 5 heteroatoms. The highest BCUT2D eigenvalue weighted by Crippen LogP contribution is 2.29. The van der Waals surface area contributed by atoms with Gasteiger partial charge < -0.3 is 15.8 Å². The molecule has 0 aromatic rings. The molecule has 1 rings (SSSR count). The molecule has 0 spiro atoms. The van der Waals surface area contributed by atoms with E-state index in [-0.39, 0.29) is 24.3 Å². The van der Waals surface area contributed by atoms with E-state index < -0.39 is 5.54 Å². The Morgan fingerprint density at radius 1 is 1.44 bits per heavy atom. The Kier molecular flexibility index (Phi) is 4.29. The van der Waals surface area contributed by atoms with Crippen LogP contribution in [0.15, 0.2) is 0 Å². The third-order valence-corrected chi connectivity index (χ3v) is 3.11. The molecule has 1 aliphatic rings. The summed E-state index contributed by atoms with van der Waals surface area (Å²) in [7, 11) is 1.37. The fraction of sp³-hybridized carbons (Fsp3) is 0.818. The maximum absolute atomic E-state index is 11.2. The number of carbonyl (C=O) groups is 2. The molecule has 92 valence electrons. The van der Waals surface area contributed by atoms with Crippen molar-refractivity contribution in [1.82, 2.24) is 5.32 Å². The molecule has 0 radical (unpaired) electrons. The summed E-state index contributed by atoms with van der Waals surface area (Å²) in [5.41, 5.74) is 5.66. The van der Waals surface area contributed by atoms with Crippen LogP contribution in [0.5, 0.6) is 0 Å². The molecule has 0 aromatic carbocycles. The van der Waals surface area contributed by atoms with Crippen molar-refractivity contribution in [3.63, 3.8) is 0 Å². The van der Waals surface area contributed by atoms with Crippen LogP contribution in [0.3, 0.4) is 0 Å². The minimum absolute atomic E-state index is 0.0116. The van der Waals surface area contributed by atoms with Crippen LogP contribution in [0.4, 0.5) is 0 Å². The average Bonchev–Trinajstić information content (AvgIpc) is 2.21. The van der Waals surface area contributed by atoms with Gasteiger partial charge in [0.05, 0.1) is 13.5 Å². The van der Waals surface area contributed by atoms with Gasteiger partial charge in [-0.15, -0.1) is 0 Å². The highest BCUT2D eigenvalue weighted by Gasteiger charge is 2.34. The average molecular weight is 228 g/mol. The van der Waals surface area contributed by atoms with E-state index in [1.807, 2.05) is 0 Å². The summed E-state index contributed by atoms with van der Waals surface area (Å²) in [4.78, 5) is 22.1. The number of ether oxygens (including phenoxy) is 1. The quantitative estimate of drug-likeness (QED) is 0.682. The largest absolute Gasteiger partial charge is 0.469 e. The lowest BCUT2D eigenvalue weighted by Crippen LogP contribution is -2.49. The monoisotopic (exact) mass is 228 g/mol. The zero-order valence-corrected chi connectivity index (χ0v) is 9.91. The van der Waals surface area contributed by atoms with E-state index >= 15 is 0 Å². The van der Waals surface area contributed by atoms with E-state index in [0.29, 0.717) is 0 Å². The Hall–Kier alpha value is -1.10. The number of hydrogen-bond acceptors (Lipinski definition) is 4. The third-order valence-electron chi connectivity index (χ3n) is 3.11. The van der Waals surface area contributed by atoms with Gasteiger partial charge in [0.25, 0.3) is 0 Å². The Morgan fingerprint density at radius 2 is 2.00 bits per heavy atom. The van der Waals surface area contributed by atoms with Gasteiger partial charge in [-0.3, -0.25) is 9.59 Å². The van der Waals surface area contributed by atoms with Gasteiger partial charge in [0.1, 0.15) is 0 Å². The van der Waals surface area contributed by atoms with Crippen LogP contribution in [-0.2, 0) is 14.3 Å². The number of hydrogen-bond donors (Lipinski definition) is 2. The molecule has 0 bridgehead atoms. The molecule has 0 aromatic heterocycles. The van der Waals surface area contributed by atoms with Gasteiger partial charge in [0, 0.05) is 18.5 Å². The minimum Gasteiger partial charge on any atom is -0.469 e. The van der Waals surface area contributed by atoms with E-state index in [1.54, 1.807) is 0 Å². The number of methoxy groups -OCH3 is 1. The van der Waals surface area contributed by atoms with Crippen LogP contribution in [0.25, 0.3) is 0 Å². The molecule has 5 nitrogen and oxygen atoms in total. The molecule has 1 amide bonds. The van der Waals surface area contributed by atoms with Crippen LogP contribution in [0.1, 0.15) is 39.0 Å². The fourth-order valence-electron chi connectivity index (χ4n) is 2.16. The van der Waals surface area contributed by atoms with Crippen LogP contribution in [0, 0.1) is 0 Å². The van der Waals surface area contributed by atoms with Gasteiger partial charge >= 0.3 is 5.97 Å². The summed E-state index contributed by atoms with van der Waals surface area (Å²) in [5.74, 6) is -0.275. The molecule has 1 saturated carbocycles. The summed E-state index contributed by atoms with van der Waals surface area (Å²) in [6.07, 6.45) is 3.40. The first-order valence-electron chi connectivity index (χ1n) is 5.58. The maximum atomic E-state index is 11.2. The predicted molar refractivity (Wildman–Crippen MR) is 59.6 cm³/mol. The molecule has 0 saturated heterocycles. The zero-order valence-electron chi connectivity index (χ0n) is 9.91. The van der Waals surface area contributed by atoms with Crippen molar-refractivity contribution in [2.45, 2.75) is 50.6 Å². The molecule has 0 atom stereocenters. The zero-order chi connectivity index (χ0) is 12.2. The van der Waals surface area contributed by atoms with Crippen molar-refractivity contribution in [2.24, 2.45) is 5.73 Å². The lowest BCUT2D eigenvalue weighted by Gasteiger charge is -2.36. The Morgan fingerprint density at radius 3 is 2.44 bits per heavy atom. The highest BCUT2D eigenvalue weighted by atomic mass is 16.5. The number of nitrogens with one attached hydrogen (secondary N) is 1. The van der Waals surface area contributed by atoms with Crippen LogP contribution in [0.2, 0.25) is 0 Å². The van der Waals surface area contributed by atoms with Gasteiger partial charge in [-0.1, -0.05) is 0 Å². The Balaban J connectivity index is 2.40. The first-order chi connectivity index (χ1) is 7.45. The van der Waals surface area contributed by atoms with Gasteiger partial charge in [0.2, 0.25) is 5.91 Å². The molecule has 3 N–H and O–H groups in total. The molecule has 0 heterocycles. The van der Waals surface area contributed by atoms with E-state index in [0.717, 1.165) is 25.7 Å². The molecular formula is C11H20N2O3. The van der Waals surface area contributed by atoms with Crippen LogP contribution in [-0.4, -0.2) is 30.6 Å². The second kappa shape index (κ2) is 5.30. The lowest BCUT2D eigenvalue weighted by atomic mass is 9.78. The van der Waals surface area contributed by atoms with Crippen LogP contribution >= 0.6 is 0 Å². The number of carbonyl (C=O) groups excluding carboxylic acids is 2. The normalized spacial score (nSPS) is 29.6. The van der Waals surface area contributed by atoms with Crippen molar-refractivity contribution >= 4 is 11.9 Å². The van der Waals surface area contributed by atoms with E-state index in [4.69, 9.17) is 5.73 Å². The summed E-state index contributed by atoms with van der Waals surface area (Å²) >= 11 is 0. The standard InChI is InChI=1S/C11H20N2O3/c1-8(14)13-9-3-5-11(12,6-4-9)7-10(15)16-2/h9H,3-7,12H2,1-2H3,(H,13,14). The summed E-state index contributed by atoms with van der Waals surface area (Å²) in [6, 6.07) is 0.201. The number of esters is 1. The molecule has 1 fully saturated rings. The predicted octanol–water partition coefficient (Wildman–Crippen LogP) is 0.326. The van der Waals surface area contributed by atoms with E-state index in [2.05, 4.69) is 10.1 Å². The number of rotatable bonds is 3. The first-order valence-corrected chi connectivity index (χ1v) is 5.58. The lowest BCUT2D eigenvalue weighted by molar-refractivity contribution is -0.142. The minimum atomic E-state index is -0.456. The molecule has 1 aliphatic carbocycles. The summed E-state index contributed by atoms with van der Waals surface area (Å²) < 4.78 is 4.62. The van der Waals surface area contributed by atoms with E-state index in [1.165, 1.54) is 14.0 Å². The van der Waals surface area contributed by atoms with Crippen molar-refractivity contribution < 1.29 is 14.3 Å².